The van der Waals surface area contributed by atoms with Crippen LogP contribution in [0.25, 0.3) is 0 Å². The van der Waals surface area contributed by atoms with Crippen molar-refractivity contribution in [2.24, 2.45) is 0 Å². The van der Waals surface area contributed by atoms with Gasteiger partial charge in [0.2, 0.25) is 0 Å². The maximum atomic E-state index is 12.3. The average molecular weight is 241 g/mol. The van der Waals surface area contributed by atoms with Crippen molar-refractivity contribution in [1.82, 2.24) is 0 Å². The van der Waals surface area contributed by atoms with Gasteiger partial charge in [0.1, 0.15) is 6.61 Å². The van der Waals surface area contributed by atoms with E-state index in [9.17, 15) is 22.0 Å². The molecule has 16 heavy (non-hydrogen) atoms. The summed E-state index contributed by atoms with van der Waals surface area (Å²) in [6, 6.07) is 7.74. The summed E-state index contributed by atoms with van der Waals surface area (Å²) < 4.78 is 59.8. The van der Waals surface area contributed by atoms with Gasteiger partial charge in [0.25, 0.3) is 0 Å². The Morgan fingerprint density at radius 3 is 2.06 bits per heavy atom. The van der Waals surface area contributed by atoms with Crippen LogP contribution in [0.4, 0.5) is 27.6 Å². The Balaban J connectivity index is 2.42. The third-order valence-corrected chi connectivity index (χ3v) is 1.63. The molecule has 1 aromatic rings. The first-order chi connectivity index (χ1) is 7.33. The van der Waals surface area contributed by atoms with Crippen LogP contribution < -0.4 is 5.48 Å². The molecule has 1 rings (SSSR count). The summed E-state index contributed by atoms with van der Waals surface area (Å²) >= 11 is 0. The first-order valence-corrected chi connectivity index (χ1v) is 4.20. The van der Waals surface area contributed by atoms with Gasteiger partial charge in [-0.05, 0) is 12.1 Å². The molecule has 0 saturated heterocycles. The van der Waals surface area contributed by atoms with E-state index in [2.05, 4.69) is 4.84 Å². The molecule has 1 aromatic carbocycles. The lowest BCUT2D eigenvalue weighted by molar-refractivity contribution is -0.294. The van der Waals surface area contributed by atoms with Gasteiger partial charge in [-0.25, -0.2) is 0 Å². The van der Waals surface area contributed by atoms with Gasteiger partial charge in [-0.3, -0.25) is 10.3 Å². The van der Waals surface area contributed by atoms with E-state index in [1.165, 1.54) is 12.1 Å². The Morgan fingerprint density at radius 2 is 1.56 bits per heavy atom. The van der Waals surface area contributed by atoms with Gasteiger partial charge in [-0.2, -0.15) is 22.0 Å². The second kappa shape index (κ2) is 4.65. The number of rotatable bonds is 4. The number of anilines is 1. The van der Waals surface area contributed by atoms with Crippen LogP contribution in [0.1, 0.15) is 0 Å². The lowest BCUT2D eigenvalue weighted by Crippen LogP contribution is -2.41. The molecule has 0 unspecified atom stereocenters. The molecule has 0 aliphatic carbocycles. The summed E-state index contributed by atoms with van der Waals surface area (Å²) in [6.45, 7) is -1.77. The Labute approximate surface area is 88.0 Å². The SMILES string of the molecule is FC(F)(F)C(F)(F)CONc1ccccc1. The second-order valence-corrected chi connectivity index (χ2v) is 2.96. The van der Waals surface area contributed by atoms with Crippen LogP contribution in [-0.2, 0) is 4.84 Å². The number of nitrogens with one attached hydrogen (secondary N) is 1. The molecular formula is C9H8F5NO. The van der Waals surface area contributed by atoms with Crippen LogP contribution in [-0.4, -0.2) is 18.7 Å². The van der Waals surface area contributed by atoms with Gasteiger partial charge < -0.3 is 0 Å². The van der Waals surface area contributed by atoms with Gasteiger partial charge in [0, 0.05) is 0 Å². The van der Waals surface area contributed by atoms with Crippen LogP contribution in [0.15, 0.2) is 30.3 Å². The summed E-state index contributed by atoms with van der Waals surface area (Å²) in [5.41, 5.74) is 2.28. The molecule has 0 aliphatic heterocycles. The number of halogens is 5. The second-order valence-electron chi connectivity index (χ2n) is 2.96. The van der Waals surface area contributed by atoms with Gasteiger partial charge >= 0.3 is 12.1 Å². The number of alkyl halides is 5. The average Bonchev–Trinajstić information content (AvgIpc) is 2.17. The fraction of sp³-hybridized carbons (Fsp3) is 0.333. The Morgan fingerprint density at radius 1 is 1.00 bits per heavy atom. The van der Waals surface area contributed by atoms with Crippen molar-refractivity contribution in [3.05, 3.63) is 30.3 Å². The summed E-state index contributed by atoms with van der Waals surface area (Å²) in [5.74, 6) is -4.87. The summed E-state index contributed by atoms with van der Waals surface area (Å²) in [4.78, 5) is 4.09. The highest BCUT2D eigenvalue weighted by Crippen LogP contribution is 2.35. The highest BCUT2D eigenvalue weighted by molar-refractivity contribution is 5.39. The Kier molecular flexibility index (Phi) is 3.69. The number of hydrogen-bond donors (Lipinski definition) is 1. The number of benzene rings is 1. The van der Waals surface area contributed by atoms with E-state index >= 15 is 0 Å². The zero-order chi connectivity index (χ0) is 12.2. The molecule has 90 valence electrons. The largest absolute Gasteiger partial charge is 0.455 e. The van der Waals surface area contributed by atoms with E-state index in [1.807, 2.05) is 5.48 Å². The minimum absolute atomic E-state index is 0.292. The van der Waals surface area contributed by atoms with Gasteiger partial charge in [0.05, 0.1) is 5.69 Å². The molecule has 0 saturated carbocycles. The van der Waals surface area contributed by atoms with E-state index in [1.54, 1.807) is 18.2 Å². The molecule has 7 heteroatoms. The maximum absolute atomic E-state index is 12.3. The molecule has 0 spiro atoms. The monoisotopic (exact) mass is 241 g/mol. The third kappa shape index (κ3) is 3.34. The van der Waals surface area contributed by atoms with Crippen molar-refractivity contribution in [2.45, 2.75) is 12.1 Å². The van der Waals surface area contributed by atoms with Crippen molar-refractivity contribution in [3.63, 3.8) is 0 Å². The number of hydrogen-bond acceptors (Lipinski definition) is 2. The smallest absolute Gasteiger partial charge is 0.269 e. The van der Waals surface area contributed by atoms with E-state index in [4.69, 9.17) is 0 Å². The third-order valence-electron chi connectivity index (χ3n) is 1.63. The van der Waals surface area contributed by atoms with Crippen LogP contribution in [0.2, 0.25) is 0 Å². The molecule has 0 heterocycles. The highest BCUT2D eigenvalue weighted by Gasteiger charge is 2.57. The molecule has 0 amide bonds. The molecular weight excluding hydrogens is 233 g/mol. The first kappa shape index (κ1) is 12.7. The quantitative estimate of drug-likeness (QED) is 0.645. The fourth-order valence-electron chi connectivity index (χ4n) is 0.798. The molecule has 0 fully saturated rings. The first-order valence-electron chi connectivity index (χ1n) is 4.20. The predicted molar refractivity (Wildman–Crippen MR) is 47.0 cm³/mol. The van der Waals surface area contributed by atoms with Gasteiger partial charge in [0.15, 0.2) is 0 Å². The molecule has 0 bridgehead atoms. The summed E-state index contributed by atoms with van der Waals surface area (Å²) in [6.07, 6.45) is -5.61. The summed E-state index contributed by atoms with van der Waals surface area (Å²) in [7, 11) is 0. The molecule has 2 nitrogen and oxygen atoms in total. The van der Waals surface area contributed by atoms with Crippen LogP contribution in [0.5, 0.6) is 0 Å². The lowest BCUT2D eigenvalue weighted by Gasteiger charge is -2.19. The number of para-hydroxylation sites is 1. The maximum Gasteiger partial charge on any atom is 0.455 e. The van der Waals surface area contributed by atoms with E-state index in [-0.39, 0.29) is 0 Å². The molecule has 0 aromatic heterocycles. The van der Waals surface area contributed by atoms with Crippen molar-refractivity contribution < 1.29 is 26.8 Å². The standard InChI is InChI=1S/C9H8F5NO/c10-8(11,9(12,13)14)6-16-15-7-4-2-1-3-5-7/h1-5,15H,6H2. The topological polar surface area (TPSA) is 21.3 Å². The highest BCUT2D eigenvalue weighted by atomic mass is 19.4. The zero-order valence-corrected chi connectivity index (χ0v) is 7.89. The Bertz CT molecular complexity index is 324. The van der Waals surface area contributed by atoms with E-state index in [0.717, 1.165) is 0 Å². The molecule has 0 atom stereocenters. The van der Waals surface area contributed by atoms with Crippen molar-refractivity contribution in [2.75, 3.05) is 12.1 Å². The van der Waals surface area contributed by atoms with Crippen molar-refractivity contribution in [1.29, 1.82) is 0 Å². The Hall–Kier alpha value is -1.37. The lowest BCUT2D eigenvalue weighted by atomic mass is 10.3. The normalized spacial score (nSPS) is 12.6. The van der Waals surface area contributed by atoms with E-state index in [0.29, 0.717) is 5.69 Å². The van der Waals surface area contributed by atoms with Gasteiger partial charge in [-0.1, -0.05) is 18.2 Å². The van der Waals surface area contributed by atoms with Gasteiger partial charge in [-0.15, -0.1) is 0 Å². The van der Waals surface area contributed by atoms with Crippen LogP contribution in [0, 0.1) is 0 Å². The fourth-order valence-corrected chi connectivity index (χ4v) is 0.798. The molecule has 1 N–H and O–H groups in total. The van der Waals surface area contributed by atoms with Crippen LogP contribution in [0.3, 0.4) is 0 Å². The zero-order valence-electron chi connectivity index (χ0n) is 7.89. The van der Waals surface area contributed by atoms with Crippen molar-refractivity contribution >= 4 is 5.69 Å². The summed E-state index contributed by atoms with van der Waals surface area (Å²) in [5, 5.41) is 0. The minimum atomic E-state index is -5.61. The predicted octanol–water partition coefficient (Wildman–Crippen LogP) is 3.23. The molecule has 0 radical (unpaired) electrons. The van der Waals surface area contributed by atoms with E-state index < -0.39 is 18.7 Å². The van der Waals surface area contributed by atoms with Crippen molar-refractivity contribution in [3.8, 4) is 0 Å². The molecule has 0 aliphatic rings. The minimum Gasteiger partial charge on any atom is -0.269 e. The van der Waals surface area contributed by atoms with Crippen LogP contribution >= 0.6 is 0 Å².